The summed E-state index contributed by atoms with van der Waals surface area (Å²) in [6, 6.07) is 11.5. The van der Waals surface area contributed by atoms with E-state index in [1.54, 1.807) is 18.3 Å². The summed E-state index contributed by atoms with van der Waals surface area (Å²) >= 11 is 1.54. The molecule has 0 unspecified atom stereocenters. The first-order valence-corrected chi connectivity index (χ1v) is 9.63. The van der Waals surface area contributed by atoms with E-state index in [4.69, 9.17) is 9.15 Å². The maximum atomic E-state index is 12.5. The first-order chi connectivity index (χ1) is 12.6. The van der Waals surface area contributed by atoms with Gasteiger partial charge in [-0.3, -0.25) is 0 Å². The summed E-state index contributed by atoms with van der Waals surface area (Å²) in [5.41, 5.74) is 2.13. The van der Waals surface area contributed by atoms with E-state index in [9.17, 15) is 4.79 Å². The van der Waals surface area contributed by atoms with Gasteiger partial charge in [0.2, 0.25) is 5.89 Å². The second-order valence-corrected chi connectivity index (χ2v) is 7.90. The fourth-order valence-electron chi connectivity index (χ4n) is 3.17. The molecule has 1 aromatic carbocycles. The number of rotatable bonds is 4. The van der Waals surface area contributed by atoms with Crippen LogP contribution in [-0.2, 0) is 17.6 Å². The Kier molecular flexibility index (Phi) is 4.59. The van der Waals surface area contributed by atoms with E-state index in [2.05, 4.69) is 17.1 Å². The van der Waals surface area contributed by atoms with Crippen molar-refractivity contribution in [3.8, 4) is 11.5 Å². The highest BCUT2D eigenvalue weighted by Gasteiger charge is 2.24. The van der Waals surface area contributed by atoms with E-state index in [-0.39, 0.29) is 5.97 Å². The Labute approximate surface area is 156 Å². The van der Waals surface area contributed by atoms with Gasteiger partial charge in [0.15, 0.2) is 6.10 Å². The number of nitrogens with zero attached hydrogens (tertiary/aromatic N) is 2. The Balaban J connectivity index is 1.46. The van der Waals surface area contributed by atoms with Gasteiger partial charge in [-0.15, -0.1) is 21.5 Å². The smallest absolute Gasteiger partial charge is 0.349 e. The average Bonchev–Trinajstić information content (AvgIpc) is 3.29. The lowest BCUT2D eigenvalue weighted by atomic mass is 9.90. The standard InChI is InChI=1S/C20H20N2O3S/c1-12-8-9-16-15(10-12)11-17(26-16)20(23)24-13(2)18-21-22-19(25-18)14-6-4-3-5-7-14/h3-7,11-13H,8-10H2,1-2H3/t12-,13-/m1/s1. The second-order valence-electron chi connectivity index (χ2n) is 6.77. The van der Waals surface area contributed by atoms with Gasteiger partial charge in [0.1, 0.15) is 4.88 Å². The summed E-state index contributed by atoms with van der Waals surface area (Å²) in [4.78, 5) is 14.5. The second kappa shape index (κ2) is 7.03. The van der Waals surface area contributed by atoms with Crippen molar-refractivity contribution < 1.29 is 13.9 Å². The van der Waals surface area contributed by atoms with Crippen LogP contribution in [0.4, 0.5) is 0 Å². The third-order valence-corrected chi connectivity index (χ3v) is 5.84. The van der Waals surface area contributed by atoms with Gasteiger partial charge >= 0.3 is 5.97 Å². The first-order valence-electron chi connectivity index (χ1n) is 8.81. The van der Waals surface area contributed by atoms with Gasteiger partial charge in [-0.25, -0.2) is 4.79 Å². The molecule has 3 aromatic rings. The van der Waals surface area contributed by atoms with Crippen LogP contribution in [0.2, 0.25) is 0 Å². The average molecular weight is 368 g/mol. The van der Waals surface area contributed by atoms with E-state index in [0.717, 1.165) is 18.4 Å². The fourth-order valence-corrected chi connectivity index (χ4v) is 4.26. The summed E-state index contributed by atoms with van der Waals surface area (Å²) in [7, 11) is 0. The summed E-state index contributed by atoms with van der Waals surface area (Å²) in [5.74, 6) is 1.06. The van der Waals surface area contributed by atoms with Gasteiger partial charge in [0.05, 0.1) is 0 Å². The molecule has 134 valence electrons. The molecule has 0 bridgehead atoms. The van der Waals surface area contributed by atoms with Crippen LogP contribution in [-0.4, -0.2) is 16.2 Å². The fraction of sp³-hybridized carbons (Fsp3) is 0.350. The highest BCUT2D eigenvalue weighted by molar-refractivity contribution is 7.14. The quantitative estimate of drug-likeness (QED) is 0.617. The lowest BCUT2D eigenvalue weighted by Gasteiger charge is -2.16. The third-order valence-electron chi connectivity index (χ3n) is 4.62. The number of fused-ring (bicyclic) bond motifs is 1. The molecule has 6 heteroatoms. The molecule has 0 amide bonds. The molecule has 2 atom stereocenters. The number of aromatic nitrogens is 2. The summed E-state index contributed by atoms with van der Waals surface area (Å²) in [6.45, 7) is 4.00. The number of carbonyl (C=O) groups is 1. The lowest BCUT2D eigenvalue weighted by Crippen LogP contribution is -2.08. The SMILES string of the molecule is C[C@@H]1CCc2sc(C(=O)O[C@H](C)c3nnc(-c4ccccc4)o3)cc2C1. The minimum Gasteiger partial charge on any atom is -0.448 e. The number of carbonyl (C=O) groups excluding carboxylic acids is 1. The molecule has 0 radical (unpaired) electrons. The molecule has 0 saturated carbocycles. The number of thiophene rings is 1. The highest BCUT2D eigenvalue weighted by atomic mass is 32.1. The number of hydrogen-bond acceptors (Lipinski definition) is 6. The van der Waals surface area contributed by atoms with Crippen molar-refractivity contribution in [2.75, 3.05) is 0 Å². The van der Waals surface area contributed by atoms with Crippen LogP contribution in [0.25, 0.3) is 11.5 Å². The molecule has 0 N–H and O–H groups in total. The zero-order valence-electron chi connectivity index (χ0n) is 14.8. The Morgan fingerprint density at radius 2 is 2.12 bits per heavy atom. The van der Waals surface area contributed by atoms with E-state index in [0.29, 0.717) is 22.6 Å². The molecule has 2 heterocycles. The Morgan fingerprint density at radius 1 is 1.31 bits per heavy atom. The van der Waals surface area contributed by atoms with Crippen LogP contribution in [0.5, 0.6) is 0 Å². The normalized spacial score (nSPS) is 17.5. The van der Waals surface area contributed by atoms with Gasteiger partial charge in [-0.2, -0.15) is 0 Å². The van der Waals surface area contributed by atoms with Gasteiger partial charge in [-0.1, -0.05) is 25.1 Å². The topological polar surface area (TPSA) is 65.2 Å². The highest BCUT2D eigenvalue weighted by Crippen LogP contribution is 2.33. The molecule has 26 heavy (non-hydrogen) atoms. The molecule has 1 aliphatic carbocycles. The van der Waals surface area contributed by atoms with Crippen molar-refractivity contribution in [2.24, 2.45) is 5.92 Å². The largest absolute Gasteiger partial charge is 0.448 e. The predicted molar refractivity (Wildman–Crippen MR) is 99.1 cm³/mol. The maximum Gasteiger partial charge on any atom is 0.349 e. The molecular formula is C20H20N2O3S. The number of esters is 1. The van der Waals surface area contributed by atoms with Crippen LogP contribution in [0, 0.1) is 5.92 Å². The van der Waals surface area contributed by atoms with Gasteiger partial charge in [0.25, 0.3) is 5.89 Å². The van der Waals surface area contributed by atoms with Gasteiger partial charge in [-0.05, 0) is 55.9 Å². The summed E-state index contributed by atoms with van der Waals surface area (Å²) in [6.07, 6.45) is 2.68. The summed E-state index contributed by atoms with van der Waals surface area (Å²) < 4.78 is 11.2. The minimum atomic E-state index is -0.592. The molecule has 0 spiro atoms. The van der Waals surface area contributed by atoms with Crippen LogP contribution in [0.15, 0.2) is 40.8 Å². The van der Waals surface area contributed by atoms with Crippen LogP contribution < -0.4 is 0 Å². The van der Waals surface area contributed by atoms with E-state index in [1.807, 2.05) is 36.4 Å². The molecule has 0 fully saturated rings. The van der Waals surface area contributed by atoms with Crippen LogP contribution in [0.3, 0.4) is 0 Å². The van der Waals surface area contributed by atoms with Crippen molar-refractivity contribution >= 4 is 17.3 Å². The number of ether oxygens (including phenoxy) is 1. The van der Waals surface area contributed by atoms with Crippen molar-refractivity contribution in [2.45, 2.75) is 39.2 Å². The number of hydrogen-bond donors (Lipinski definition) is 0. The van der Waals surface area contributed by atoms with E-state index in [1.165, 1.54) is 16.9 Å². The molecular weight excluding hydrogens is 348 g/mol. The molecule has 2 aromatic heterocycles. The van der Waals surface area contributed by atoms with E-state index < -0.39 is 6.10 Å². The molecule has 0 saturated heterocycles. The van der Waals surface area contributed by atoms with Crippen molar-refractivity contribution in [1.82, 2.24) is 10.2 Å². The Hall–Kier alpha value is -2.47. The molecule has 1 aliphatic rings. The van der Waals surface area contributed by atoms with Gasteiger partial charge in [0, 0.05) is 10.4 Å². The predicted octanol–water partition coefficient (Wildman–Crippen LogP) is 4.84. The monoisotopic (exact) mass is 368 g/mol. The van der Waals surface area contributed by atoms with Crippen LogP contribution in [0.1, 0.15) is 52.4 Å². The zero-order chi connectivity index (χ0) is 18.1. The van der Waals surface area contributed by atoms with Crippen molar-refractivity contribution in [3.05, 3.63) is 57.6 Å². The zero-order valence-corrected chi connectivity index (χ0v) is 15.6. The van der Waals surface area contributed by atoms with Crippen molar-refractivity contribution in [3.63, 3.8) is 0 Å². The van der Waals surface area contributed by atoms with E-state index >= 15 is 0 Å². The first kappa shape index (κ1) is 17.0. The minimum absolute atomic E-state index is 0.298. The van der Waals surface area contributed by atoms with Crippen molar-refractivity contribution in [1.29, 1.82) is 0 Å². The Morgan fingerprint density at radius 3 is 2.92 bits per heavy atom. The van der Waals surface area contributed by atoms with Crippen LogP contribution >= 0.6 is 11.3 Å². The molecule has 5 nitrogen and oxygen atoms in total. The Bertz CT molecular complexity index is 916. The summed E-state index contributed by atoms with van der Waals surface area (Å²) in [5, 5.41) is 8.07. The maximum absolute atomic E-state index is 12.5. The lowest BCUT2D eigenvalue weighted by molar-refractivity contribution is 0.0285. The number of benzene rings is 1. The van der Waals surface area contributed by atoms with Gasteiger partial charge < -0.3 is 9.15 Å². The third kappa shape index (κ3) is 3.42. The molecule has 0 aliphatic heterocycles. The number of aryl methyl sites for hydroxylation is 1. The molecule has 4 rings (SSSR count).